The average Bonchev–Trinajstić information content (AvgIpc) is 3.36. The number of aliphatic hydroxyl groups excluding tert-OH is 1. The van der Waals surface area contributed by atoms with Crippen molar-refractivity contribution in [2.45, 2.75) is 62.7 Å². The van der Waals surface area contributed by atoms with Crippen molar-refractivity contribution in [2.75, 3.05) is 31.2 Å². The molecule has 0 bridgehead atoms. The van der Waals surface area contributed by atoms with Crippen LogP contribution in [-0.4, -0.2) is 71.8 Å². The molecule has 8 nitrogen and oxygen atoms in total. The summed E-state index contributed by atoms with van der Waals surface area (Å²) >= 11 is 0. The van der Waals surface area contributed by atoms with Gasteiger partial charge in [0.2, 0.25) is 5.91 Å². The molecule has 216 valence electrons. The maximum atomic E-state index is 14.6. The fraction of sp³-hybridized carbons (Fsp3) is 0.485. The number of hydrogen-bond donors (Lipinski definition) is 1. The standard InChI is InChI=1S/C33H38N2O6/c36-20-9-3-2-8-18-35-29-31(38)34(25-16-15-23-12-6-7-13-24(23)22-25)19-11-17-33(29)28(30(35)37)27-26(41-33)14-5-1-4-10-21-40-32(27)39/h5-7,11-17,22,26-29,36H,1-4,8-10,18-21H2/b14-5-/t26-,27+,28-,29?,33-/m0/s1. The summed E-state index contributed by atoms with van der Waals surface area (Å²) in [6, 6.07) is 13.1. The lowest BCUT2D eigenvalue weighted by molar-refractivity contribution is -0.154. The molecule has 0 saturated carbocycles. The van der Waals surface area contributed by atoms with Gasteiger partial charge in [-0.15, -0.1) is 0 Å². The van der Waals surface area contributed by atoms with Gasteiger partial charge in [-0.05, 0) is 55.0 Å². The third kappa shape index (κ3) is 4.97. The predicted octanol–water partition coefficient (Wildman–Crippen LogP) is 4.16. The van der Waals surface area contributed by atoms with Crippen LogP contribution in [-0.2, 0) is 23.9 Å². The van der Waals surface area contributed by atoms with Gasteiger partial charge >= 0.3 is 5.97 Å². The number of cyclic esters (lactones) is 1. The largest absolute Gasteiger partial charge is 0.465 e. The van der Waals surface area contributed by atoms with E-state index >= 15 is 0 Å². The number of nitrogens with zero attached hydrogens (tertiary/aromatic N) is 2. The van der Waals surface area contributed by atoms with Gasteiger partial charge in [0, 0.05) is 25.4 Å². The molecule has 5 atom stereocenters. The Kier molecular flexibility index (Phi) is 7.95. The molecule has 4 aliphatic rings. The maximum absolute atomic E-state index is 14.6. The number of esters is 1. The van der Waals surface area contributed by atoms with E-state index in [-0.39, 0.29) is 18.4 Å². The molecule has 0 radical (unpaired) electrons. The van der Waals surface area contributed by atoms with Crippen LogP contribution in [0.4, 0.5) is 5.69 Å². The monoisotopic (exact) mass is 558 g/mol. The Balaban J connectivity index is 1.39. The van der Waals surface area contributed by atoms with Crippen LogP contribution in [0.3, 0.4) is 0 Å². The summed E-state index contributed by atoms with van der Waals surface area (Å²) in [5.41, 5.74) is -0.511. The molecule has 2 amide bonds. The quantitative estimate of drug-likeness (QED) is 0.312. The first-order valence-corrected chi connectivity index (χ1v) is 15.0. The van der Waals surface area contributed by atoms with Gasteiger partial charge in [0.15, 0.2) is 0 Å². The number of hydrogen-bond acceptors (Lipinski definition) is 6. The second-order valence-corrected chi connectivity index (χ2v) is 11.5. The van der Waals surface area contributed by atoms with Gasteiger partial charge in [0.1, 0.15) is 17.6 Å². The summed E-state index contributed by atoms with van der Waals surface area (Å²) in [7, 11) is 0. The van der Waals surface area contributed by atoms with Gasteiger partial charge in [0.25, 0.3) is 5.91 Å². The molecule has 2 aromatic rings. The van der Waals surface area contributed by atoms with Crippen molar-refractivity contribution in [3.8, 4) is 0 Å². The zero-order valence-electron chi connectivity index (χ0n) is 23.3. The highest BCUT2D eigenvalue weighted by Crippen LogP contribution is 2.53. The minimum atomic E-state index is -1.27. The summed E-state index contributed by atoms with van der Waals surface area (Å²) in [4.78, 5) is 45.7. The second kappa shape index (κ2) is 11.8. The van der Waals surface area contributed by atoms with Crippen LogP contribution in [0.25, 0.3) is 10.8 Å². The van der Waals surface area contributed by atoms with Crippen molar-refractivity contribution in [1.29, 1.82) is 0 Å². The van der Waals surface area contributed by atoms with Gasteiger partial charge in [0.05, 0.1) is 18.6 Å². The Hall–Kier alpha value is -3.49. The van der Waals surface area contributed by atoms with Gasteiger partial charge < -0.3 is 24.4 Å². The molecular formula is C33H38N2O6. The molecule has 4 heterocycles. The van der Waals surface area contributed by atoms with Crippen molar-refractivity contribution < 1.29 is 29.0 Å². The number of benzene rings is 2. The highest BCUT2D eigenvalue weighted by Gasteiger charge is 2.71. The average molecular weight is 559 g/mol. The number of amides is 2. The zero-order chi connectivity index (χ0) is 28.4. The normalized spacial score (nSPS) is 30.5. The van der Waals surface area contributed by atoms with Crippen molar-refractivity contribution >= 4 is 34.2 Å². The van der Waals surface area contributed by atoms with Crippen LogP contribution < -0.4 is 4.90 Å². The fourth-order valence-electron chi connectivity index (χ4n) is 6.98. The Morgan fingerprint density at radius 1 is 0.927 bits per heavy atom. The number of carbonyl (C=O) groups is 3. The minimum absolute atomic E-state index is 0.132. The lowest BCUT2D eigenvalue weighted by Gasteiger charge is -2.35. The van der Waals surface area contributed by atoms with E-state index in [9.17, 15) is 19.5 Å². The molecule has 1 N–H and O–H groups in total. The van der Waals surface area contributed by atoms with E-state index in [4.69, 9.17) is 9.47 Å². The highest BCUT2D eigenvalue weighted by molar-refractivity contribution is 6.06. The SMILES string of the molecule is O=C1OCCCC/C=C\[C@@H]2O[C@]34C=CCN(c5ccc6ccccc6c5)C(=O)C3N(CCCCCCO)C(=O)[C@@H]4[C@H]12. The molecule has 0 aromatic heterocycles. The number of allylic oxidation sites excluding steroid dienone is 1. The molecule has 2 saturated heterocycles. The number of anilines is 1. The number of ether oxygens (including phenoxy) is 2. The fourth-order valence-corrected chi connectivity index (χ4v) is 6.98. The Labute approximate surface area is 240 Å². The molecular weight excluding hydrogens is 520 g/mol. The summed E-state index contributed by atoms with van der Waals surface area (Å²) < 4.78 is 12.4. The van der Waals surface area contributed by atoms with Crippen LogP contribution in [0, 0.1) is 11.8 Å². The van der Waals surface area contributed by atoms with Gasteiger partial charge in [-0.1, -0.05) is 67.5 Å². The molecule has 0 aliphatic carbocycles. The van der Waals surface area contributed by atoms with Crippen LogP contribution in [0.2, 0.25) is 0 Å². The molecule has 1 unspecified atom stereocenters. The molecule has 6 rings (SSSR count). The summed E-state index contributed by atoms with van der Waals surface area (Å²) in [5.74, 6) is -2.54. The van der Waals surface area contributed by atoms with E-state index in [1.54, 1.807) is 9.80 Å². The number of fused-ring (bicyclic) bond motifs is 3. The smallest absolute Gasteiger partial charge is 0.312 e. The van der Waals surface area contributed by atoms with Crippen LogP contribution >= 0.6 is 0 Å². The first-order chi connectivity index (χ1) is 20.0. The summed E-state index contributed by atoms with van der Waals surface area (Å²) in [6.45, 7) is 1.16. The van der Waals surface area contributed by atoms with Crippen molar-refractivity contribution in [3.05, 3.63) is 66.8 Å². The third-order valence-corrected chi connectivity index (χ3v) is 8.95. The van der Waals surface area contributed by atoms with E-state index in [1.165, 1.54) is 0 Å². The molecule has 8 heteroatoms. The van der Waals surface area contributed by atoms with Gasteiger partial charge in [-0.2, -0.15) is 0 Å². The van der Waals surface area contributed by atoms with E-state index in [0.717, 1.165) is 48.6 Å². The topological polar surface area (TPSA) is 96.4 Å². The van der Waals surface area contributed by atoms with Gasteiger partial charge in [-0.3, -0.25) is 14.4 Å². The number of aliphatic hydroxyl groups is 1. The van der Waals surface area contributed by atoms with E-state index in [0.29, 0.717) is 32.5 Å². The van der Waals surface area contributed by atoms with Crippen molar-refractivity contribution in [2.24, 2.45) is 11.8 Å². The summed E-state index contributed by atoms with van der Waals surface area (Å²) in [5, 5.41) is 11.3. The Morgan fingerprint density at radius 2 is 1.76 bits per heavy atom. The lowest BCUT2D eigenvalue weighted by atomic mass is 9.78. The van der Waals surface area contributed by atoms with Crippen LogP contribution in [0.15, 0.2) is 66.8 Å². The van der Waals surface area contributed by atoms with Crippen molar-refractivity contribution in [3.63, 3.8) is 0 Å². The van der Waals surface area contributed by atoms with Gasteiger partial charge in [-0.25, -0.2) is 0 Å². The third-order valence-electron chi connectivity index (χ3n) is 8.95. The van der Waals surface area contributed by atoms with E-state index in [1.807, 2.05) is 66.8 Å². The molecule has 41 heavy (non-hydrogen) atoms. The highest BCUT2D eigenvalue weighted by atomic mass is 16.6. The maximum Gasteiger partial charge on any atom is 0.312 e. The Bertz CT molecular complexity index is 1370. The molecule has 2 aromatic carbocycles. The zero-order valence-corrected chi connectivity index (χ0v) is 23.3. The number of carbonyl (C=O) groups excluding carboxylic acids is 3. The molecule has 4 aliphatic heterocycles. The lowest BCUT2D eigenvalue weighted by Crippen LogP contribution is -2.55. The number of rotatable bonds is 7. The first-order valence-electron chi connectivity index (χ1n) is 15.0. The van der Waals surface area contributed by atoms with E-state index < -0.39 is 35.6 Å². The van der Waals surface area contributed by atoms with Crippen LogP contribution in [0.5, 0.6) is 0 Å². The van der Waals surface area contributed by atoms with Crippen LogP contribution in [0.1, 0.15) is 44.9 Å². The number of likely N-dealkylation sites (tertiary alicyclic amines) is 1. The predicted molar refractivity (Wildman–Crippen MR) is 155 cm³/mol. The Morgan fingerprint density at radius 3 is 2.61 bits per heavy atom. The number of unbranched alkanes of at least 4 members (excludes halogenated alkanes) is 3. The van der Waals surface area contributed by atoms with E-state index in [2.05, 4.69) is 0 Å². The summed E-state index contributed by atoms with van der Waals surface area (Å²) in [6.07, 6.45) is 12.6. The van der Waals surface area contributed by atoms with Crippen molar-refractivity contribution in [1.82, 2.24) is 4.90 Å². The first kappa shape index (κ1) is 27.7. The second-order valence-electron chi connectivity index (χ2n) is 11.5. The minimum Gasteiger partial charge on any atom is -0.465 e. The molecule has 1 spiro atoms. The molecule has 2 fully saturated rings.